The van der Waals surface area contributed by atoms with Gasteiger partial charge in [0.25, 0.3) is 0 Å². The van der Waals surface area contributed by atoms with Crippen molar-refractivity contribution in [2.45, 2.75) is 18.8 Å². The fourth-order valence-electron chi connectivity index (χ4n) is 1.45. The molecule has 0 radical (unpaired) electrons. The van der Waals surface area contributed by atoms with Crippen LogP contribution in [0.5, 0.6) is 0 Å². The van der Waals surface area contributed by atoms with Gasteiger partial charge in [0.1, 0.15) is 5.82 Å². The Bertz CT molecular complexity index is 374. The highest BCUT2D eigenvalue weighted by molar-refractivity contribution is 14.1. The van der Waals surface area contributed by atoms with Crippen LogP contribution in [0.15, 0.2) is 0 Å². The van der Waals surface area contributed by atoms with Gasteiger partial charge in [-0.05, 0) is 35.4 Å². The van der Waals surface area contributed by atoms with Crippen molar-refractivity contribution in [3.05, 3.63) is 9.26 Å². The highest BCUT2D eigenvalue weighted by Gasteiger charge is 2.29. The first-order valence-electron chi connectivity index (χ1n) is 5.06. The molecule has 0 spiro atoms. The summed E-state index contributed by atoms with van der Waals surface area (Å²) in [6, 6.07) is 0. The van der Waals surface area contributed by atoms with E-state index in [2.05, 4.69) is 37.9 Å². The Kier molecular flexibility index (Phi) is 2.99. The van der Waals surface area contributed by atoms with E-state index in [4.69, 9.17) is 0 Å². The van der Waals surface area contributed by atoms with Gasteiger partial charge in [0.15, 0.2) is 0 Å². The van der Waals surface area contributed by atoms with E-state index in [9.17, 15) is 0 Å². The first kappa shape index (κ1) is 10.9. The normalized spacial score (nSPS) is 15.2. The van der Waals surface area contributed by atoms with Gasteiger partial charge in [0.2, 0.25) is 5.95 Å². The second-order valence-corrected chi connectivity index (χ2v) is 5.07. The fourth-order valence-corrected chi connectivity index (χ4v) is 2.40. The summed E-state index contributed by atoms with van der Waals surface area (Å²) in [7, 11) is 5.84. The van der Waals surface area contributed by atoms with Gasteiger partial charge in [-0.2, -0.15) is 4.98 Å². The molecule has 2 rings (SSSR count). The van der Waals surface area contributed by atoms with Gasteiger partial charge < -0.3 is 10.2 Å². The lowest BCUT2D eigenvalue weighted by Crippen LogP contribution is -2.15. The zero-order valence-electron chi connectivity index (χ0n) is 9.21. The Morgan fingerprint density at radius 1 is 1.33 bits per heavy atom. The largest absolute Gasteiger partial charge is 0.372 e. The topological polar surface area (TPSA) is 41.1 Å². The van der Waals surface area contributed by atoms with E-state index in [0.717, 1.165) is 11.8 Å². The van der Waals surface area contributed by atoms with Gasteiger partial charge >= 0.3 is 0 Å². The summed E-state index contributed by atoms with van der Waals surface area (Å²) in [6.07, 6.45) is 2.53. The molecule has 1 aromatic heterocycles. The highest BCUT2D eigenvalue weighted by Crippen LogP contribution is 2.42. The van der Waals surface area contributed by atoms with Crippen LogP contribution in [0.25, 0.3) is 0 Å². The number of hydrogen-bond donors (Lipinski definition) is 1. The van der Waals surface area contributed by atoms with Crippen molar-refractivity contribution in [1.29, 1.82) is 0 Å². The van der Waals surface area contributed by atoms with Crippen LogP contribution >= 0.6 is 22.6 Å². The molecule has 5 heteroatoms. The summed E-state index contributed by atoms with van der Waals surface area (Å²) in [5, 5.41) is 3.13. The number of rotatable bonds is 3. The number of aromatic nitrogens is 2. The molecular weight excluding hydrogens is 303 g/mol. The van der Waals surface area contributed by atoms with Crippen LogP contribution in [0.2, 0.25) is 0 Å². The first-order chi connectivity index (χ1) is 7.13. The molecule has 1 aliphatic rings. The summed E-state index contributed by atoms with van der Waals surface area (Å²) in [5.41, 5.74) is 1.21. The predicted octanol–water partition coefficient (Wildman–Crippen LogP) is 2.07. The lowest BCUT2D eigenvalue weighted by atomic mass is 10.3. The molecule has 1 N–H and O–H groups in total. The van der Waals surface area contributed by atoms with Gasteiger partial charge in [-0.1, -0.05) is 0 Å². The Morgan fingerprint density at radius 3 is 2.47 bits per heavy atom. The molecule has 0 amide bonds. The molecular formula is C10H15IN4. The lowest BCUT2D eigenvalue weighted by Gasteiger charge is -2.15. The SMILES string of the molecule is CNc1nc(N(C)C)nc(C2CC2)c1I. The number of halogens is 1. The molecule has 15 heavy (non-hydrogen) atoms. The van der Waals surface area contributed by atoms with E-state index in [0.29, 0.717) is 5.92 Å². The van der Waals surface area contributed by atoms with Crippen molar-refractivity contribution in [3.63, 3.8) is 0 Å². The molecule has 82 valence electrons. The van der Waals surface area contributed by atoms with Crippen LogP contribution in [0, 0.1) is 3.57 Å². The molecule has 1 aliphatic carbocycles. The van der Waals surface area contributed by atoms with Gasteiger partial charge in [-0.3, -0.25) is 0 Å². The molecule has 0 atom stereocenters. The lowest BCUT2D eigenvalue weighted by molar-refractivity contribution is 0.924. The van der Waals surface area contributed by atoms with Crippen LogP contribution in [-0.2, 0) is 0 Å². The minimum atomic E-state index is 0.658. The van der Waals surface area contributed by atoms with Gasteiger partial charge in [0.05, 0.1) is 9.26 Å². The maximum Gasteiger partial charge on any atom is 0.227 e. The molecule has 0 unspecified atom stereocenters. The summed E-state index contributed by atoms with van der Waals surface area (Å²) < 4.78 is 1.17. The minimum absolute atomic E-state index is 0.658. The zero-order valence-corrected chi connectivity index (χ0v) is 11.4. The molecule has 0 aromatic carbocycles. The number of anilines is 2. The molecule has 0 bridgehead atoms. The molecule has 1 saturated carbocycles. The second kappa shape index (κ2) is 4.11. The van der Waals surface area contributed by atoms with E-state index in [1.807, 2.05) is 26.0 Å². The van der Waals surface area contributed by atoms with E-state index in [-0.39, 0.29) is 0 Å². The van der Waals surface area contributed by atoms with Crippen molar-refractivity contribution in [1.82, 2.24) is 9.97 Å². The van der Waals surface area contributed by atoms with Gasteiger partial charge in [-0.15, -0.1) is 0 Å². The molecule has 4 nitrogen and oxygen atoms in total. The van der Waals surface area contributed by atoms with E-state index < -0.39 is 0 Å². The van der Waals surface area contributed by atoms with Gasteiger partial charge in [0, 0.05) is 27.1 Å². The van der Waals surface area contributed by atoms with Gasteiger partial charge in [-0.25, -0.2) is 4.98 Å². The predicted molar refractivity (Wildman–Crippen MR) is 70.6 cm³/mol. The average molecular weight is 318 g/mol. The Balaban J connectivity index is 2.47. The first-order valence-corrected chi connectivity index (χ1v) is 6.14. The van der Waals surface area contributed by atoms with Crippen LogP contribution in [-0.4, -0.2) is 31.1 Å². The fraction of sp³-hybridized carbons (Fsp3) is 0.600. The third-order valence-corrected chi connectivity index (χ3v) is 3.53. The summed E-state index contributed by atoms with van der Waals surface area (Å²) >= 11 is 2.33. The van der Waals surface area contributed by atoms with Crippen LogP contribution in [0.3, 0.4) is 0 Å². The van der Waals surface area contributed by atoms with Crippen molar-refractivity contribution >= 4 is 34.4 Å². The van der Waals surface area contributed by atoms with Crippen molar-refractivity contribution < 1.29 is 0 Å². The third-order valence-electron chi connectivity index (χ3n) is 2.47. The minimum Gasteiger partial charge on any atom is -0.372 e. The Labute approximate surface area is 104 Å². The monoisotopic (exact) mass is 318 g/mol. The number of nitrogens with one attached hydrogen (secondary N) is 1. The molecule has 0 aliphatic heterocycles. The Morgan fingerprint density at radius 2 is 2.00 bits per heavy atom. The van der Waals surface area contributed by atoms with E-state index >= 15 is 0 Å². The number of hydrogen-bond acceptors (Lipinski definition) is 4. The average Bonchev–Trinajstić information content (AvgIpc) is 3.01. The second-order valence-electron chi connectivity index (χ2n) is 3.99. The summed E-state index contributed by atoms with van der Waals surface area (Å²) in [5.74, 6) is 2.39. The van der Waals surface area contributed by atoms with Crippen molar-refractivity contribution in [2.24, 2.45) is 0 Å². The van der Waals surface area contributed by atoms with Crippen molar-refractivity contribution in [2.75, 3.05) is 31.4 Å². The highest BCUT2D eigenvalue weighted by atomic mass is 127. The zero-order chi connectivity index (χ0) is 11.0. The maximum atomic E-state index is 4.61. The number of nitrogens with zero attached hydrogens (tertiary/aromatic N) is 3. The maximum absolute atomic E-state index is 4.61. The van der Waals surface area contributed by atoms with Crippen molar-refractivity contribution in [3.8, 4) is 0 Å². The quantitative estimate of drug-likeness (QED) is 0.866. The molecule has 1 fully saturated rings. The van der Waals surface area contributed by atoms with Crippen LogP contribution in [0.4, 0.5) is 11.8 Å². The third kappa shape index (κ3) is 2.16. The summed E-state index contributed by atoms with van der Waals surface area (Å²) in [4.78, 5) is 11.0. The standard InChI is InChI=1S/C10H15IN4/c1-12-9-7(11)8(6-4-5-6)13-10(14-9)15(2)3/h6H,4-5H2,1-3H3,(H,12,13,14). The van der Waals surface area contributed by atoms with Crippen LogP contribution < -0.4 is 10.2 Å². The Hall–Kier alpha value is -0.590. The molecule has 1 aromatic rings. The molecule has 1 heterocycles. The van der Waals surface area contributed by atoms with E-state index in [1.165, 1.54) is 22.1 Å². The smallest absolute Gasteiger partial charge is 0.227 e. The van der Waals surface area contributed by atoms with E-state index in [1.54, 1.807) is 0 Å². The summed E-state index contributed by atoms with van der Waals surface area (Å²) in [6.45, 7) is 0. The molecule has 0 saturated heterocycles. The van der Waals surface area contributed by atoms with Crippen LogP contribution in [0.1, 0.15) is 24.5 Å².